The summed E-state index contributed by atoms with van der Waals surface area (Å²) in [4.78, 5) is 11.9. The number of rotatable bonds is 4. The maximum absolute atomic E-state index is 12.9. The first-order valence-corrected chi connectivity index (χ1v) is 9.70. The molecule has 0 spiro atoms. The van der Waals surface area contributed by atoms with Gasteiger partial charge in [-0.3, -0.25) is 4.79 Å². The molecule has 1 heterocycles. The number of methoxy groups -OCH3 is 1. The van der Waals surface area contributed by atoms with Crippen molar-refractivity contribution in [2.45, 2.75) is 56.7 Å². The monoisotopic (exact) mass is 332 g/mol. The summed E-state index contributed by atoms with van der Waals surface area (Å²) in [6, 6.07) is 0.0994. The van der Waals surface area contributed by atoms with Crippen molar-refractivity contribution in [1.82, 2.24) is 4.31 Å². The molecule has 7 heteroatoms. The van der Waals surface area contributed by atoms with Crippen molar-refractivity contribution >= 4 is 16.0 Å². The van der Waals surface area contributed by atoms with Gasteiger partial charge in [0.1, 0.15) is 0 Å². The van der Waals surface area contributed by atoms with Crippen LogP contribution in [-0.4, -0.2) is 50.2 Å². The molecule has 0 aromatic carbocycles. The maximum Gasteiger partial charge on any atom is 0.310 e. The van der Waals surface area contributed by atoms with Crippen molar-refractivity contribution in [3.8, 4) is 0 Å². The number of ether oxygens (including phenoxy) is 1. The van der Waals surface area contributed by atoms with Gasteiger partial charge in [0, 0.05) is 19.1 Å². The summed E-state index contributed by atoms with van der Waals surface area (Å²) in [5.41, 5.74) is 5.92. The maximum atomic E-state index is 12.9. The van der Waals surface area contributed by atoms with Crippen molar-refractivity contribution in [3.63, 3.8) is 0 Å². The third-order valence-corrected chi connectivity index (χ3v) is 7.61. The predicted molar refractivity (Wildman–Crippen MR) is 84.6 cm³/mol. The zero-order valence-corrected chi connectivity index (χ0v) is 14.3. The van der Waals surface area contributed by atoms with Crippen LogP contribution in [0.4, 0.5) is 0 Å². The van der Waals surface area contributed by atoms with Crippen LogP contribution >= 0.6 is 0 Å². The van der Waals surface area contributed by atoms with Gasteiger partial charge in [-0.1, -0.05) is 12.8 Å². The summed E-state index contributed by atoms with van der Waals surface area (Å²) >= 11 is 0. The SMILES string of the molecule is COC(=O)C1CCCCC1S(=O)(=O)N1CCC(C(C)N)CC1. The van der Waals surface area contributed by atoms with Gasteiger partial charge in [-0.25, -0.2) is 12.7 Å². The van der Waals surface area contributed by atoms with Crippen molar-refractivity contribution in [3.05, 3.63) is 0 Å². The van der Waals surface area contributed by atoms with Crippen molar-refractivity contribution in [2.75, 3.05) is 20.2 Å². The zero-order valence-electron chi connectivity index (χ0n) is 13.5. The lowest BCUT2D eigenvalue weighted by molar-refractivity contribution is -0.146. The number of nitrogens with zero attached hydrogens (tertiary/aromatic N) is 1. The summed E-state index contributed by atoms with van der Waals surface area (Å²) in [5, 5.41) is -0.624. The largest absolute Gasteiger partial charge is 0.469 e. The number of sulfonamides is 1. The molecule has 0 aromatic rings. The van der Waals surface area contributed by atoms with Crippen LogP contribution < -0.4 is 5.73 Å². The first-order chi connectivity index (χ1) is 10.4. The van der Waals surface area contributed by atoms with Crippen molar-refractivity contribution in [1.29, 1.82) is 0 Å². The van der Waals surface area contributed by atoms with Crippen LogP contribution in [0.2, 0.25) is 0 Å². The van der Waals surface area contributed by atoms with Gasteiger partial charge in [0.05, 0.1) is 18.3 Å². The molecule has 3 atom stereocenters. The minimum absolute atomic E-state index is 0.0994. The molecule has 2 rings (SSSR count). The fourth-order valence-corrected chi connectivity index (χ4v) is 5.95. The van der Waals surface area contributed by atoms with E-state index in [-0.39, 0.29) is 6.04 Å². The third-order valence-electron chi connectivity index (χ3n) is 5.19. The second-order valence-electron chi connectivity index (χ2n) is 6.59. The molecule has 6 nitrogen and oxygen atoms in total. The van der Waals surface area contributed by atoms with Crippen molar-refractivity contribution in [2.24, 2.45) is 17.6 Å². The molecule has 0 amide bonds. The average molecular weight is 332 g/mol. The van der Waals surface area contributed by atoms with E-state index in [2.05, 4.69) is 0 Å². The van der Waals surface area contributed by atoms with Gasteiger partial charge < -0.3 is 10.5 Å². The number of hydrogen-bond donors (Lipinski definition) is 1. The van der Waals surface area contributed by atoms with Crippen LogP contribution in [0.25, 0.3) is 0 Å². The van der Waals surface area contributed by atoms with E-state index in [0.717, 1.165) is 25.7 Å². The van der Waals surface area contributed by atoms with E-state index in [0.29, 0.717) is 31.8 Å². The molecule has 0 radical (unpaired) electrons. The van der Waals surface area contributed by atoms with Crippen LogP contribution in [-0.2, 0) is 19.6 Å². The number of nitrogens with two attached hydrogens (primary N) is 1. The van der Waals surface area contributed by atoms with Gasteiger partial charge in [0.15, 0.2) is 0 Å². The molecule has 2 N–H and O–H groups in total. The highest BCUT2D eigenvalue weighted by atomic mass is 32.2. The lowest BCUT2D eigenvalue weighted by Gasteiger charge is -2.37. The second kappa shape index (κ2) is 7.27. The Hall–Kier alpha value is -0.660. The van der Waals surface area contributed by atoms with Gasteiger partial charge in [0.2, 0.25) is 10.0 Å². The molecule has 1 aliphatic heterocycles. The van der Waals surface area contributed by atoms with E-state index in [1.807, 2.05) is 6.92 Å². The fraction of sp³-hybridized carbons (Fsp3) is 0.933. The normalized spacial score (nSPS) is 30.0. The minimum atomic E-state index is -3.45. The van der Waals surface area contributed by atoms with Gasteiger partial charge in [-0.15, -0.1) is 0 Å². The Morgan fingerprint density at radius 1 is 1.18 bits per heavy atom. The zero-order chi connectivity index (χ0) is 16.3. The number of carbonyl (C=O) groups is 1. The first kappa shape index (κ1) is 17.7. The smallest absolute Gasteiger partial charge is 0.310 e. The fourth-order valence-electron chi connectivity index (χ4n) is 3.72. The summed E-state index contributed by atoms with van der Waals surface area (Å²) in [5.74, 6) is -0.525. The number of esters is 1. The Balaban J connectivity index is 2.10. The highest BCUT2D eigenvalue weighted by Crippen LogP contribution is 2.34. The summed E-state index contributed by atoms with van der Waals surface area (Å²) in [6.45, 7) is 3.00. The third kappa shape index (κ3) is 3.63. The molecule has 0 bridgehead atoms. The molecule has 0 aromatic heterocycles. The van der Waals surface area contributed by atoms with E-state index in [1.165, 1.54) is 7.11 Å². The van der Waals surface area contributed by atoms with Crippen LogP contribution in [0, 0.1) is 11.8 Å². The van der Waals surface area contributed by atoms with Gasteiger partial charge >= 0.3 is 5.97 Å². The van der Waals surface area contributed by atoms with E-state index < -0.39 is 27.2 Å². The van der Waals surface area contributed by atoms with Crippen LogP contribution in [0.3, 0.4) is 0 Å². The topological polar surface area (TPSA) is 89.7 Å². The molecular formula is C15H28N2O4S. The van der Waals surface area contributed by atoms with Crippen molar-refractivity contribution < 1.29 is 17.9 Å². The average Bonchev–Trinajstić information content (AvgIpc) is 2.54. The summed E-state index contributed by atoms with van der Waals surface area (Å²) in [6.07, 6.45) is 4.49. The number of hydrogen-bond acceptors (Lipinski definition) is 5. The Morgan fingerprint density at radius 2 is 1.77 bits per heavy atom. The van der Waals surface area contributed by atoms with E-state index in [9.17, 15) is 13.2 Å². The molecule has 2 aliphatic rings. The summed E-state index contributed by atoms with van der Waals surface area (Å²) < 4.78 is 32.2. The standard InChI is InChI=1S/C15H28N2O4S/c1-11(16)12-7-9-17(10-8-12)22(19,20)14-6-4-3-5-13(14)15(18)21-2/h11-14H,3-10,16H2,1-2H3. The lowest BCUT2D eigenvalue weighted by Crippen LogP contribution is -2.49. The van der Waals surface area contributed by atoms with Crippen LogP contribution in [0.1, 0.15) is 45.4 Å². The molecule has 22 heavy (non-hydrogen) atoms. The Bertz CT molecular complexity index is 484. The van der Waals surface area contributed by atoms with E-state index >= 15 is 0 Å². The highest BCUT2D eigenvalue weighted by molar-refractivity contribution is 7.89. The predicted octanol–water partition coefficient (Wildman–Crippen LogP) is 1.11. The Morgan fingerprint density at radius 3 is 2.32 bits per heavy atom. The Kier molecular flexibility index (Phi) is 5.85. The highest BCUT2D eigenvalue weighted by Gasteiger charge is 2.43. The number of piperidine rings is 1. The molecule has 1 aliphatic carbocycles. The van der Waals surface area contributed by atoms with Gasteiger partial charge in [0.25, 0.3) is 0 Å². The van der Waals surface area contributed by atoms with Gasteiger partial charge in [-0.2, -0.15) is 0 Å². The minimum Gasteiger partial charge on any atom is -0.469 e. The first-order valence-electron chi connectivity index (χ1n) is 8.20. The molecule has 3 unspecified atom stereocenters. The molecule has 2 fully saturated rings. The molecular weight excluding hydrogens is 304 g/mol. The van der Waals surface area contributed by atoms with E-state index in [1.54, 1.807) is 4.31 Å². The molecule has 1 saturated carbocycles. The quantitative estimate of drug-likeness (QED) is 0.779. The van der Waals surface area contributed by atoms with Crippen LogP contribution in [0.15, 0.2) is 0 Å². The molecule has 1 saturated heterocycles. The molecule has 128 valence electrons. The second-order valence-corrected chi connectivity index (χ2v) is 8.74. The summed E-state index contributed by atoms with van der Waals surface area (Å²) in [7, 11) is -2.12. The lowest BCUT2D eigenvalue weighted by atomic mass is 9.89. The Labute approximate surface area is 133 Å². The number of carbonyl (C=O) groups excluding carboxylic acids is 1. The van der Waals surface area contributed by atoms with E-state index in [4.69, 9.17) is 10.5 Å². The van der Waals surface area contributed by atoms with Gasteiger partial charge in [-0.05, 0) is 38.5 Å². The van der Waals surface area contributed by atoms with Crippen LogP contribution in [0.5, 0.6) is 0 Å².